The van der Waals surface area contributed by atoms with E-state index in [-0.39, 0.29) is 0 Å². The summed E-state index contributed by atoms with van der Waals surface area (Å²) in [6, 6.07) is 6.35. The van der Waals surface area contributed by atoms with Gasteiger partial charge in [-0.1, -0.05) is 46.4 Å². The van der Waals surface area contributed by atoms with E-state index in [0.29, 0.717) is 6.04 Å². The Balaban J connectivity index is 1.99. The fourth-order valence-corrected chi connectivity index (χ4v) is 2.67. The van der Waals surface area contributed by atoms with Gasteiger partial charge in [-0.05, 0) is 36.5 Å². The van der Waals surface area contributed by atoms with E-state index >= 15 is 0 Å². The summed E-state index contributed by atoms with van der Waals surface area (Å²) in [7, 11) is 0. The van der Waals surface area contributed by atoms with Crippen molar-refractivity contribution in [1.29, 1.82) is 0 Å². The van der Waals surface area contributed by atoms with E-state index in [1.165, 1.54) is 12.8 Å². The maximum atomic E-state index is 6.18. The van der Waals surface area contributed by atoms with Gasteiger partial charge < -0.3 is 0 Å². The zero-order chi connectivity index (χ0) is 11.5. The molecule has 1 aromatic carbocycles. The fourth-order valence-electron chi connectivity index (χ4n) is 1.92. The van der Waals surface area contributed by atoms with Gasteiger partial charge in [0.15, 0.2) is 0 Å². The minimum absolute atomic E-state index is 0.339. The van der Waals surface area contributed by atoms with Crippen LogP contribution in [0.15, 0.2) is 22.7 Å². The molecule has 1 atom stereocenters. The molecular formula is C12H16BrClN2. The van der Waals surface area contributed by atoms with E-state index in [9.17, 15) is 0 Å². The average molecular weight is 304 g/mol. The third-order valence-electron chi connectivity index (χ3n) is 3.03. The molecular weight excluding hydrogens is 288 g/mol. The molecule has 0 heterocycles. The fraction of sp³-hybridized carbons (Fsp3) is 0.500. The molecule has 1 aliphatic carbocycles. The van der Waals surface area contributed by atoms with E-state index in [1.807, 2.05) is 12.1 Å². The van der Waals surface area contributed by atoms with Gasteiger partial charge in [0, 0.05) is 15.5 Å². The van der Waals surface area contributed by atoms with Gasteiger partial charge in [-0.3, -0.25) is 11.3 Å². The number of nitrogens with two attached hydrogens (primary N) is 1. The Morgan fingerprint density at radius 1 is 1.50 bits per heavy atom. The Labute approximate surface area is 110 Å². The monoisotopic (exact) mass is 302 g/mol. The van der Waals surface area contributed by atoms with Gasteiger partial charge in [0.1, 0.15) is 0 Å². The first kappa shape index (κ1) is 12.4. The lowest BCUT2D eigenvalue weighted by molar-refractivity contribution is 0.466. The molecule has 0 amide bonds. The van der Waals surface area contributed by atoms with E-state index in [4.69, 9.17) is 17.4 Å². The van der Waals surface area contributed by atoms with Crippen LogP contribution >= 0.6 is 27.5 Å². The first-order chi connectivity index (χ1) is 7.69. The van der Waals surface area contributed by atoms with Gasteiger partial charge >= 0.3 is 0 Å². The SMILES string of the molecule is NNC(Cc1ccc(Br)cc1Cl)CC1CC1. The second-order valence-electron chi connectivity index (χ2n) is 4.48. The largest absolute Gasteiger partial charge is 0.271 e. The van der Waals surface area contributed by atoms with Crippen molar-refractivity contribution < 1.29 is 0 Å². The van der Waals surface area contributed by atoms with Crippen molar-refractivity contribution in [3.05, 3.63) is 33.3 Å². The maximum Gasteiger partial charge on any atom is 0.0449 e. The molecule has 0 saturated heterocycles. The van der Waals surface area contributed by atoms with Crippen molar-refractivity contribution in [3.63, 3.8) is 0 Å². The van der Waals surface area contributed by atoms with E-state index in [2.05, 4.69) is 27.4 Å². The van der Waals surface area contributed by atoms with Gasteiger partial charge in [-0.25, -0.2) is 0 Å². The second-order valence-corrected chi connectivity index (χ2v) is 5.81. The Kier molecular flexibility index (Phi) is 4.25. The molecule has 2 rings (SSSR count). The lowest BCUT2D eigenvalue weighted by Crippen LogP contribution is -2.37. The van der Waals surface area contributed by atoms with Crippen LogP contribution in [0.4, 0.5) is 0 Å². The molecule has 1 aliphatic rings. The van der Waals surface area contributed by atoms with Gasteiger partial charge in [0.05, 0.1) is 0 Å². The Bertz CT molecular complexity index is 366. The molecule has 0 radical (unpaired) electrons. The molecule has 0 aliphatic heterocycles. The molecule has 88 valence electrons. The Morgan fingerprint density at radius 2 is 2.25 bits per heavy atom. The first-order valence-corrected chi connectivity index (χ1v) is 6.76. The third kappa shape index (κ3) is 3.45. The topological polar surface area (TPSA) is 38.0 Å². The van der Waals surface area contributed by atoms with E-state index in [1.54, 1.807) is 0 Å². The van der Waals surface area contributed by atoms with Crippen molar-refractivity contribution >= 4 is 27.5 Å². The summed E-state index contributed by atoms with van der Waals surface area (Å²) in [5.74, 6) is 6.44. The van der Waals surface area contributed by atoms with Crippen LogP contribution in [0.3, 0.4) is 0 Å². The maximum absolute atomic E-state index is 6.18. The second kappa shape index (κ2) is 5.50. The summed E-state index contributed by atoms with van der Waals surface area (Å²) >= 11 is 9.59. The van der Waals surface area contributed by atoms with Crippen molar-refractivity contribution in [2.45, 2.75) is 31.7 Å². The Hall–Kier alpha value is -0.0900. The van der Waals surface area contributed by atoms with Gasteiger partial charge in [0.25, 0.3) is 0 Å². The van der Waals surface area contributed by atoms with Crippen LogP contribution in [0.5, 0.6) is 0 Å². The molecule has 1 unspecified atom stereocenters. The van der Waals surface area contributed by atoms with E-state index < -0.39 is 0 Å². The minimum Gasteiger partial charge on any atom is -0.271 e. The van der Waals surface area contributed by atoms with Crippen LogP contribution < -0.4 is 11.3 Å². The van der Waals surface area contributed by atoms with Crippen molar-refractivity contribution in [1.82, 2.24) is 5.43 Å². The standard InChI is InChI=1S/C12H16BrClN2/c13-10-4-3-9(12(14)7-10)6-11(16-15)5-8-1-2-8/h3-4,7-8,11,16H,1-2,5-6,15H2. The van der Waals surface area contributed by atoms with Gasteiger partial charge in [-0.2, -0.15) is 0 Å². The lowest BCUT2D eigenvalue weighted by Gasteiger charge is -2.16. The molecule has 0 spiro atoms. The van der Waals surface area contributed by atoms with Crippen LogP contribution in [0, 0.1) is 5.92 Å². The molecule has 2 nitrogen and oxygen atoms in total. The number of rotatable bonds is 5. The van der Waals surface area contributed by atoms with Crippen molar-refractivity contribution in [2.24, 2.45) is 11.8 Å². The molecule has 3 N–H and O–H groups in total. The predicted octanol–water partition coefficient (Wildman–Crippen LogP) is 3.28. The first-order valence-electron chi connectivity index (χ1n) is 5.59. The number of hydrogen-bond acceptors (Lipinski definition) is 2. The quantitative estimate of drug-likeness (QED) is 0.647. The summed E-state index contributed by atoms with van der Waals surface area (Å²) in [5.41, 5.74) is 4.05. The molecule has 0 bridgehead atoms. The number of halogens is 2. The molecule has 1 aromatic rings. The molecule has 1 saturated carbocycles. The molecule has 16 heavy (non-hydrogen) atoms. The highest BCUT2D eigenvalue weighted by atomic mass is 79.9. The highest BCUT2D eigenvalue weighted by molar-refractivity contribution is 9.10. The number of nitrogens with one attached hydrogen (secondary N) is 1. The summed E-state index contributed by atoms with van der Waals surface area (Å²) in [6.45, 7) is 0. The van der Waals surface area contributed by atoms with E-state index in [0.717, 1.165) is 33.8 Å². The summed E-state index contributed by atoms with van der Waals surface area (Å²) < 4.78 is 1.01. The van der Waals surface area contributed by atoms with Crippen LogP contribution in [0.25, 0.3) is 0 Å². The number of hydrazine groups is 1. The smallest absolute Gasteiger partial charge is 0.0449 e. The van der Waals surface area contributed by atoms with Crippen molar-refractivity contribution in [2.75, 3.05) is 0 Å². The summed E-state index contributed by atoms with van der Waals surface area (Å²) in [6.07, 6.45) is 4.76. The Morgan fingerprint density at radius 3 is 2.81 bits per heavy atom. The van der Waals surface area contributed by atoms with Crippen molar-refractivity contribution in [3.8, 4) is 0 Å². The normalized spacial score (nSPS) is 17.4. The third-order valence-corrected chi connectivity index (χ3v) is 3.88. The predicted molar refractivity (Wildman–Crippen MR) is 71.3 cm³/mol. The number of benzene rings is 1. The summed E-state index contributed by atoms with van der Waals surface area (Å²) in [4.78, 5) is 0. The van der Waals surface area contributed by atoms with Crippen LogP contribution in [0.1, 0.15) is 24.8 Å². The van der Waals surface area contributed by atoms with Crippen LogP contribution in [-0.2, 0) is 6.42 Å². The highest BCUT2D eigenvalue weighted by Crippen LogP contribution is 2.34. The summed E-state index contributed by atoms with van der Waals surface area (Å²) in [5, 5.41) is 0.811. The lowest BCUT2D eigenvalue weighted by atomic mass is 10.0. The average Bonchev–Trinajstić information content (AvgIpc) is 3.04. The van der Waals surface area contributed by atoms with Gasteiger partial charge in [-0.15, -0.1) is 0 Å². The zero-order valence-electron chi connectivity index (χ0n) is 9.05. The number of hydrogen-bond donors (Lipinski definition) is 2. The molecule has 4 heteroatoms. The molecule has 0 aromatic heterocycles. The van der Waals surface area contributed by atoms with Gasteiger partial charge in [0.2, 0.25) is 0 Å². The van der Waals surface area contributed by atoms with Crippen LogP contribution in [-0.4, -0.2) is 6.04 Å². The zero-order valence-corrected chi connectivity index (χ0v) is 11.4. The highest BCUT2D eigenvalue weighted by Gasteiger charge is 2.25. The van der Waals surface area contributed by atoms with Crippen LogP contribution in [0.2, 0.25) is 5.02 Å². The minimum atomic E-state index is 0.339. The molecule has 1 fully saturated rings.